The van der Waals surface area contributed by atoms with Crippen LogP contribution in [0, 0.1) is 5.92 Å². The molecule has 14 heavy (non-hydrogen) atoms. The van der Waals surface area contributed by atoms with Gasteiger partial charge in [0.2, 0.25) is 0 Å². The van der Waals surface area contributed by atoms with Crippen LogP contribution in [-0.4, -0.2) is 31.2 Å². The monoisotopic (exact) mass is 199 g/mol. The van der Waals surface area contributed by atoms with Crippen LogP contribution in [0.2, 0.25) is 0 Å². The molecule has 0 bridgehead atoms. The lowest BCUT2D eigenvalue weighted by Gasteiger charge is -2.06. The van der Waals surface area contributed by atoms with Crippen LogP contribution in [-0.2, 0) is 0 Å². The number of aliphatic imine (C=N–C) groups is 1. The summed E-state index contributed by atoms with van der Waals surface area (Å²) in [5, 5.41) is 4.08. The molecule has 0 unspecified atom stereocenters. The van der Waals surface area contributed by atoms with Gasteiger partial charge in [-0.1, -0.05) is 13.8 Å². The molecular weight excluding hydrogens is 181 g/mol. The maximum atomic E-state index is 12.5. The molecule has 0 spiro atoms. The highest BCUT2D eigenvalue weighted by Crippen LogP contribution is 2.39. The van der Waals surface area contributed by atoms with Gasteiger partial charge >= 0.3 is 0 Å². The maximum absolute atomic E-state index is 12.5. The Morgan fingerprint density at radius 2 is 2.21 bits per heavy atom. The molecule has 0 atom stereocenters. The molecule has 0 amide bonds. The molecule has 0 radical (unpaired) electrons. The first kappa shape index (κ1) is 11.1. The number of rotatable bonds is 5. The number of alkyl halides is 1. The summed E-state index contributed by atoms with van der Waals surface area (Å²) in [6.45, 7) is 3.73. The Bertz CT molecular complexity index is 242. The van der Waals surface area contributed by atoms with Crippen molar-refractivity contribution in [3.63, 3.8) is 0 Å². The predicted molar refractivity (Wildman–Crippen MR) is 57.8 cm³/mol. The van der Waals surface area contributed by atoms with E-state index in [0.717, 1.165) is 18.6 Å². The Labute approximate surface area is 84.5 Å². The van der Waals surface area contributed by atoms with Gasteiger partial charge in [0.1, 0.15) is 6.67 Å². The lowest BCUT2D eigenvalue weighted by Crippen LogP contribution is -2.16. The largest absolute Gasteiger partial charge is 0.313 e. The van der Waals surface area contributed by atoms with E-state index in [0.29, 0.717) is 5.92 Å². The first-order chi connectivity index (χ1) is 6.63. The van der Waals surface area contributed by atoms with Gasteiger partial charge in [-0.15, -0.1) is 0 Å². The third-order valence-electron chi connectivity index (χ3n) is 2.38. The van der Waals surface area contributed by atoms with Crippen molar-refractivity contribution in [3.05, 3.63) is 0 Å². The maximum Gasteiger partial charge on any atom is 0.115 e. The fourth-order valence-corrected chi connectivity index (χ4v) is 1.08. The van der Waals surface area contributed by atoms with Crippen molar-refractivity contribution in [2.45, 2.75) is 32.2 Å². The summed E-state index contributed by atoms with van der Waals surface area (Å²) in [5.41, 5.74) is 3.20. The summed E-state index contributed by atoms with van der Waals surface area (Å²) >= 11 is 0. The van der Waals surface area contributed by atoms with Crippen molar-refractivity contribution in [2.24, 2.45) is 16.0 Å². The minimum atomic E-state index is -0.399. The average molecular weight is 199 g/mol. The molecule has 0 aromatic heterocycles. The molecule has 1 N–H and O–H groups in total. The van der Waals surface area contributed by atoms with Crippen molar-refractivity contribution in [2.75, 3.05) is 13.7 Å². The summed E-state index contributed by atoms with van der Waals surface area (Å²) in [6.07, 6.45) is 3.43. The van der Waals surface area contributed by atoms with E-state index in [-0.39, 0.29) is 6.67 Å². The second-order valence-electron chi connectivity index (χ2n) is 4.03. The second kappa shape index (κ2) is 4.53. The minimum absolute atomic E-state index is 0.307. The SMILES string of the molecule is CNN=C(C=NC1(CF)CC1)C(C)C. The molecule has 1 saturated carbocycles. The molecule has 1 aliphatic rings. The van der Waals surface area contributed by atoms with Crippen molar-refractivity contribution >= 4 is 11.9 Å². The molecule has 0 saturated heterocycles. The van der Waals surface area contributed by atoms with Gasteiger partial charge in [0, 0.05) is 13.3 Å². The Morgan fingerprint density at radius 3 is 2.57 bits per heavy atom. The first-order valence-corrected chi connectivity index (χ1v) is 4.99. The molecule has 0 aromatic carbocycles. The Morgan fingerprint density at radius 1 is 1.57 bits per heavy atom. The van der Waals surface area contributed by atoms with E-state index in [1.165, 1.54) is 0 Å². The predicted octanol–water partition coefficient (Wildman–Crippen LogP) is 1.79. The summed E-state index contributed by atoms with van der Waals surface area (Å²) in [4.78, 5) is 4.26. The van der Waals surface area contributed by atoms with Crippen LogP contribution >= 0.6 is 0 Å². The van der Waals surface area contributed by atoms with E-state index in [1.807, 2.05) is 13.8 Å². The van der Waals surface area contributed by atoms with Crippen LogP contribution in [0.1, 0.15) is 26.7 Å². The molecule has 1 fully saturated rings. The molecular formula is C10H18FN3. The molecule has 3 nitrogen and oxygen atoms in total. The first-order valence-electron chi connectivity index (χ1n) is 4.99. The Balaban J connectivity index is 2.60. The van der Waals surface area contributed by atoms with Crippen molar-refractivity contribution in [1.82, 2.24) is 5.43 Å². The van der Waals surface area contributed by atoms with Crippen LogP contribution in [0.3, 0.4) is 0 Å². The molecule has 80 valence electrons. The summed E-state index contributed by atoms with van der Waals surface area (Å²) in [5.74, 6) is 0.307. The number of nitrogens with one attached hydrogen (secondary N) is 1. The van der Waals surface area contributed by atoms with E-state index < -0.39 is 5.54 Å². The van der Waals surface area contributed by atoms with Crippen molar-refractivity contribution in [1.29, 1.82) is 0 Å². The van der Waals surface area contributed by atoms with Crippen LogP contribution in [0.25, 0.3) is 0 Å². The van der Waals surface area contributed by atoms with Crippen LogP contribution in [0.4, 0.5) is 4.39 Å². The lowest BCUT2D eigenvalue weighted by atomic mass is 10.1. The topological polar surface area (TPSA) is 36.8 Å². The highest BCUT2D eigenvalue weighted by atomic mass is 19.1. The number of hydrogen-bond donors (Lipinski definition) is 1. The van der Waals surface area contributed by atoms with Gasteiger partial charge in [0.15, 0.2) is 0 Å². The normalized spacial score (nSPS) is 20.5. The van der Waals surface area contributed by atoms with Gasteiger partial charge in [-0.2, -0.15) is 5.10 Å². The van der Waals surface area contributed by atoms with Gasteiger partial charge in [-0.05, 0) is 18.8 Å². The molecule has 0 aromatic rings. The van der Waals surface area contributed by atoms with E-state index in [9.17, 15) is 4.39 Å². The zero-order valence-electron chi connectivity index (χ0n) is 9.05. The molecule has 0 aliphatic heterocycles. The average Bonchev–Trinajstić information content (AvgIpc) is 2.92. The standard InChI is InChI=1S/C10H18FN3/c1-8(2)9(14-12-3)6-13-10(7-11)4-5-10/h6,8,12H,4-5,7H2,1-3H3. The number of hydrogen-bond acceptors (Lipinski definition) is 3. The molecule has 4 heteroatoms. The third kappa shape index (κ3) is 2.79. The molecule has 1 aliphatic carbocycles. The number of halogens is 1. The van der Waals surface area contributed by atoms with Crippen LogP contribution in [0.5, 0.6) is 0 Å². The Hall–Kier alpha value is -0.930. The Kier molecular flexibility index (Phi) is 3.61. The number of hydrazone groups is 1. The smallest absolute Gasteiger partial charge is 0.115 e. The quantitative estimate of drug-likeness (QED) is 0.532. The highest BCUT2D eigenvalue weighted by molar-refractivity contribution is 6.31. The van der Waals surface area contributed by atoms with Gasteiger partial charge in [-0.25, -0.2) is 4.39 Å². The summed E-state index contributed by atoms with van der Waals surface area (Å²) in [7, 11) is 1.75. The van der Waals surface area contributed by atoms with Gasteiger partial charge < -0.3 is 5.43 Å². The van der Waals surface area contributed by atoms with E-state index in [2.05, 4.69) is 15.5 Å². The van der Waals surface area contributed by atoms with Gasteiger partial charge in [-0.3, -0.25) is 4.99 Å². The van der Waals surface area contributed by atoms with Gasteiger partial charge in [0.05, 0.1) is 11.3 Å². The van der Waals surface area contributed by atoms with E-state index >= 15 is 0 Å². The highest BCUT2D eigenvalue weighted by Gasteiger charge is 2.42. The summed E-state index contributed by atoms with van der Waals surface area (Å²) in [6, 6.07) is 0. The fourth-order valence-electron chi connectivity index (χ4n) is 1.08. The van der Waals surface area contributed by atoms with Gasteiger partial charge in [0.25, 0.3) is 0 Å². The van der Waals surface area contributed by atoms with E-state index in [1.54, 1.807) is 13.3 Å². The summed E-state index contributed by atoms with van der Waals surface area (Å²) < 4.78 is 12.5. The van der Waals surface area contributed by atoms with Crippen LogP contribution < -0.4 is 5.43 Å². The lowest BCUT2D eigenvalue weighted by molar-refractivity contribution is 0.420. The zero-order chi connectivity index (χ0) is 10.6. The number of nitrogens with zero attached hydrogens (tertiary/aromatic N) is 2. The zero-order valence-corrected chi connectivity index (χ0v) is 9.05. The van der Waals surface area contributed by atoms with Crippen LogP contribution in [0.15, 0.2) is 10.1 Å². The minimum Gasteiger partial charge on any atom is -0.313 e. The third-order valence-corrected chi connectivity index (χ3v) is 2.38. The van der Waals surface area contributed by atoms with Crippen molar-refractivity contribution in [3.8, 4) is 0 Å². The van der Waals surface area contributed by atoms with Crippen molar-refractivity contribution < 1.29 is 4.39 Å². The molecule has 1 rings (SSSR count). The second-order valence-corrected chi connectivity index (χ2v) is 4.03. The molecule has 0 heterocycles. The van der Waals surface area contributed by atoms with E-state index in [4.69, 9.17) is 0 Å². The fraction of sp³-hybridized carbons (Fsp3) is 0.800.